The molecule has 0 unspecified atom stereocenters. The minimum absolute atomic E-state index is 0.0470. The van der Waals surface area contributed by atoms with Crippen LogP contribution in [0.25, 0.3) is 0 Å². The molecule has 0 saturated carbocycles. The lowest BCUT2D eigenvalue weighted by molar-refractivity contribution is -0.400. The van der Waals surface area contributed by atoms with Crippen molar-refractivity contribution in [1.82, 2.24) is 0 Å². The molecule has 0 amide bonds. The van der Waals surface area contributed by atoms with E-state index >= 15 is 0 Å². The molecule has 5 aliphatic heterocycles. The van der Waals surface area contributed by atoms with Gasteiger partial charge in [-0.05, 0) is 52.9 Å². The second kappa shape index (κ2) is 28.6. The van der Waals surface area contributed by atoms with Crippen LogP contribution in [-0.2, 0) is 66.5 Å². The highest BCUT2D eigenvalue weighted by molar-refractivity contribution is 5.73. The number of aliphatic hydroxyl groups excluding tert-OH is 7. The lowest BCUT2D eigenvalue weighted by atomic mass is 9.95. The van der Waals surface area contributed by atoms with Crippen LogP contribution in [0.5, 0.6) is 0 Å². The van der Waals surface area contributed by atoms with Crippen molar-refractivity contribution >= 4 is 17.9 Å². The molecule has 0 spiro atoms. The second-order valence-corrected chi connectivity index (χ2v) is 20.2. The fourth-order valence-corrected chi connectivity index (χ4v) is 9.46. The first-order chi connectivity index (χ1) is 33.8. The average Bonchev–Trinajstić information content (AvgIpc) is 3.34. The summed E-state index contributed by atoms with van der Waals surface area (Å²) in [5.74, 6) is -3.52. The SMILES string of the molecule is CCCCC[C@H]1CCCCCCCCCC(=O)O[C@H]2[C@H](O)[C@@H](CO)O[C@@H](O[C@H]3[C@H](O1)O[C@H](C)[C@@H](O)[C@@H]3O)[C@@H]2O[C@@H]1O[C@@H](C)[C@H](OC(=O)[C@H](C)CC)[C@@H](O[C@@H]2O[C@@H](C)[C@H](O)[C@@H](O)[C@H]2O)[C@H]1OC(=O)[C@@H](C)CC. The van der Waals surface area contributed by atoms with E-state index in [1.54, 1.807) is 34.6 Å². The Morgan fingerprint density at radius 3 is 1.79 bits per heavy atom. The van der Waals surface area contributed by atoms with E-state index in [0.29, 0.717) is 32.1 Å². The van der Waals surface area contributed by atoms with Crippen LogP contribution in [0, 0.1) is 11.8 Å². The summed E-state index contributed by atoms with van der Waals surface area (Å²) in [7, 11) is 0. The number of hydrogen-bond acceptors (Lipinski definition) is 21. The number of unbranched alkanes of at least 4 members (excludes halogenated alkanes) is 2. The van der Waals surface area contributed by atoms with Crippen LogP contribution >= 0.6 is 0 Å². The lowest BCUT2D eigenvalue weighted by Crippen LogP contribution is -2.68. The molecule has 71 heavy (non-hydrogen) atoms. The van der Waals surface area contributed by atoms with Gasteiger partial charge in [-0.3, -0.25) is 14.4 Å². The maximum atomic E-state index is 13.9. The Bertz CT molecular complexity index is 1610. The van der Waals surface area contributed by atoms with Crippen LogP contribution in [0.2, 0.25) is 0 Å². The van der Waals surface area contributed by atoms with Gasteiger partial charge in [-0.1, -0.05) is 92.4 Å². The lowest BCUT2D eigenvalue weighted by Gasteiger charge is -2.50. The number of ether oxygens (including phenoxy) is 11. The molecule has 5 rings (SSSR count). The van der Waals surface area contributed by atoms with Gasteiger partial charge < -0.3 is 87.9 Å². The maximum absolute atomic E-state index is 13.9. The molecule has 23 atom stereocenters. The van der Waals surface area contributed by atoms with Gasteiger partial charge in [-0.15, -0.1) is 0 Å². The number of fused-ring (bicyclic) bond motifs is 3. The third-order valence-electron chi connectivity index (χ3n) is 14.7. The third kappa shape index (κ3) is 15.7. The molecule has 21 nitrogen and oxygen atoms in total. The number of esters is 3. The van der Waals surface area contributed by atoms with E-state index in [4.69, 9.17) is 52.1 Å². The van der Waals surface area contributed by atoms with Gasteiger partial charge in [-0.2, -0.15) is 0 Å². The molecule has 5 saturated heterocycles. The Labute approximate surface area is 418 Å². The Kier molecular flexibility index (Phi) is 24.1. The minimum Gasteiger partial charge on any atom is -0.456 e. The van der Waals surface area contributed by atoms with Gasteiger partial charge >= 0.3 is 17.9 Å². The Hall–Kier alpha value is -2.19. The van der Waals surface area contributed by atoms with Crippen molar-refractivity contribution in [2.24, 2.45) is 11.8 Å². The molecule has 0 aromatic heterocycles. The molecule has 0 aromatic carbocycles. The predicted molar refractivity (Wildman–Crippen MR) is 249 cm³/mol. The zero-order valence-corrected chi connectivity index (χ0v) is 42.9. The van der Waals surface area contributed by atoms with E-state index < -0.39 is 159 Å². The largest absolute Gasteiger partial charge is 0.456 e. The minimum atomic E-state index is -1.86. The molecular formula is C50H86O21. The number of carbonyl (C=O) groups excluding carboxylic acids is 3. The van der Waals surface area contributed by atoms with E-state index in [0.717, 1.165) is 57.8 Å². The molecular weight excluding hydrogens is 937 g/mol. The molecule has 5 heterocycles. The van der Waals surface area contributed by atoms with Crippen molar-refractivity contribution in [2.45, 2.75) is 281 Å². The van der Waals surface area contributed by atoms with Crippen LogP contribution in [0.3, 0.4) is 0 Å². The third-order valence-corrected chi connectivity index (χ3v) is 14.7. The van der Waals surface area contributed by atoms with Crippen molar-refractivity contribution in [3.05, 3.63) is 0 Å². The van der Waals surface area contributed by atoms with Gasteiger partial charge in [0.05, 0.1) is 42.9 Å². The number of rotatable bonds is 15. The summed E-state index contributed by atoms with van der Waals surface area (Å²) in [6, 6.07) is 0. The smallest absolute Gasteiger partial charge is 0.309 e. The fraction of sp³-hybridized carbons (Fsp3) is 0.940. The zero-order chi connectivity index (χ0) is 52.1. The molecule has 5 aliphatic rings. The van der Waals surface area contributed by atoms with Crippen molar-refractivity contribution < 1.29 is 102 Å². The highest BCUT2D eigenvalue weighted by Gasteiger charge is 2.58. The van der Waals surface area contributed by atoms with Crippen LogP contribution < -0.4 is 0 Å². The predicted octanol–water partition coefficient (Wildman–Crippen LogP) is 2.58. The van der Waals surface area contributed by atoms with Crippen molar-refractivity contribution in [3.63, 3.8) is 0 Å². The standard InChI is InChI=1S/C50H86O21/c1-9-12-18-21-30-22-19-16-14-13-15-17-20-23-32(52)66-40-35(55)31(24-51)65-50(69-41-37(57)34(54)28(7)62-48(41)64-30)43(40)71-49-44(68-46(60)26(5)11-3)42(39(29(8)63-49)67-45(59)25(4)10-2)70-47-38(58)36(56)33(53)27(6)61-47/h25-31,33-44,47-51,53-58H,9-24H2,1-8H3/t25-,26+,27+,28-,29+,30+,31-,33+,34-,35-,36-,37+,38-,39+,40+,41-,42-,43-,44-,47+,48+,49+,50+/m1/s1. The summed E-state index contributed by atoms with van der Waals surface area (Å²) in [5, 5.41) is 78.2. The van der Waals surface area contributed by atoms with Gasteiger partial charge in [0, 0.05) is 6.42 Å². The fourth-order valence-electron chi connectivity index (χ4n) is 9.46. The van der Waals surface area contributed by atoms with Gasteiger partial charge in [0.2, 0.25) is 0 Å². The summed E-state index contributed by atoms with van der Waals surface area (Å²) in [5.41, 5.74) is 0. The molecule has 21 heteroatoms. The van der Waals surface area contributed by atoms with Crippen LogP contribution in [-0.4, -0.2) is 189 Å². The zero-order valence-electron chi connectivity index (χ0n) is 42.9. The number of carbonyl (C=O) groups is 3. The van der Waals surface area contributed by atoms with Gasteiger partial charge in [0.15, 0.2) is 49.6 Å². The average molecular weight is 1020 g/mol. The maximum Gasteiger partial charge on any atom is 0.309 e. The van der Waals surface area contributed by atoms with E-state index in [-0.39, 0.29) is 12.5 Å². The van der Waals surface area contributed by atoms with Crippen molar-refractivity contribution in [3.8, 4) is 0 Å². The molecule has 0 radical (unpaired) electrons. The van der Waals surface area contributed by atoms with E-state index in [1.165, 1.54) is 13.8 Å². The van der Waals surface area contributed by atoms with Gasteiger partial charge in [0.1, 0.15) is 54.9 Å². The van der Waals surface area contributed by atoms with E-state index in [1.807, 2.05) is 0 Å². The normalized spacial score (nSPS) is 42.2. The van der Waals surface area contributed by atoms with Gasteiger partial charge in [0.25, 0.3) is 0 Å². The number of hydrogen-bond donors (Lipinski definition) is 7. The Morgan fingerprint density at radius 1 is 0.577 bits per heavy atom. The summed E-state index contributed by atoms with van der Waals surface area (Å²) in [6.07, 6.45) is -20.8. The highest BCUT2D eigenvalue weighted by atomic mass is 16.8. The quantitative estimate of drug-likeness (QED) is 0.0705. The molecule has 7 N–H and O–H groups in total. The second-order valence-electron chi connectivity index (χ2n) is 20.2. The van der Waals surface area contributed by atoms with E-state index in [2.05, 4.69) is 6.92 Å². The summed E-state index contributed by atoms with van der Waals surface area (Å²) >= 11 is 0. The summed E-state index contributed by atoms with van der Waals surface area (Å²) in [4.78, 5) is 41.3. The van der Waals surface area contributed by atoms with E-state index in [9.17, 15) is 50.1 Å². The van der Waals surface area contributed by atoms with Crippen LogP contribution in [0.15, 0.2) is 0 Å². The monoisotopic (exact) mass is 1020 g/mol. The topological polar surface area (TPSA) is 294 Å². The molecule has 5 fully saturated rings. The first kappa shape index (κ1) is 59.7. The van der Waals surface area contributed by atoms with Crippen LogP contribution in [0.1, 0.15) is 152 Å². The van der Waals surface area contributed by atoms with Crippen molar-refractivity contribution in [2.75, 3.05) is 6.61 Å². The first-order valence-electron chi connectivity index (χ1n) is 26.4. The molecule has 0 aliphatic carbocycles. The van der Waals surface area contributed by atoms with Crippen LogP contribution in [0.4, 0.5) is 0 Å². The van der Waals surface area contributed by atoms with Crippen molar-refractivity contribution in [1.29, 1.82) is 0 Å². The first-order valence-corrected chi connectivity index (χ1v) is 26.4. The summed E-state index contributed by atoms with van der Waals surface area (Å²) in [6.45, 7) is 12.6. The molecule has 2 bridgehead atoms. The number of aliphatic hydroxyl groups is 7. The Balaban J connectivity index is 1.63. The summed E-state index contributed by atoms with van der Waals surface area (Å²) < 4.78 is 69.4. The Morgan fingerprint density at radius 2 is 1.15 bits per heavy atom. The molecule has 0 aromatic rings. The highest BCUT2D eigenvalue weighted by Crippen LogP contribution is 2.39. The van der Waals surface area contributed by atoms with Gasteiger partial charge in [-0.25, -0.2) is 0 Å². The molecule has 412 valence electrons.